The molecule has 0 radical (unpaired) electrons. The van der Waals surface area contributed by atoms with Crippen LogP contribution in [0.3, 0.4) is 0 Å². The average molecular weight is 271 g/mol. The zero-order valence-corrected chi connectivity index (χ0v) is 10.1. The largest absolute Gasteiger partial charge is 0.389 e. The van der Waals surface area contributed by atoms with E-state index in [4.69, 9.17) is 0 Å². The summed E-state index contributed by atoms with van der Waals surface area (Å²) in [7, 11) is 0. The molecule has 6 heteroatoms. The van der Waals surface area contributed by atoms with Crippen LogP contribution in [-0.4, -0.2) is 30.7 Å². The van der Waals surface area contributed by atoms with E-state index in [2.05, 4.69) is 31.2 Å². The number of pyridine rings is 1. The molecule has 2 aromatic heterocycles. The maximum absolute atomic E-state index is 9.70. The fourth-order valence-corrected chi connectivity index (χ4v) is 1.65. The highest BCUT2D eigenvalue weighted by Crippen LogP contribution is 2.16. The van der Waals surface area contributed by atoms with Crippen LogP contribution in [0.15, 0.2) is 16.9 Å². The Labute approximate surface area is 95.2 Å². The highest BCUT2D eigenvalue weighted by molar-refractivity contribution is 9.10. The summed E-state index contributed by atoms with van der Waals surface area (Å²) in [6.07, 6.45) is 1.65. The van der Waals surface area contributed by atoms with Crippen LogP contribution in [0.25, 0.3) is 11.0 Å². The minimum atomic E-state index is -0.809. The molecule has 2 heterocycles. The number of hydrogen-bond donors (Lipinski definition) is 1. The van der Waals surface area contributed by atoms with Gasteiger partial charge < -0.3 is 5.11 Å². The molecule has 0 amide bonds. The van der Waals surface area contributed by atoms with Gasteiger partial charge in [0.1, 0.15) is 10.1 Å². The normalized spacial score (nSPS) is 12.3. The predicted molar refractivity (Wildman–Crippen MR) is 59.3 cm³/mol. The number of nitrogens with zero attached hydrogens (tertiary/aromatic N) is 4. The lowest BCUT2D eigenvalue weighted by Crippen LogP contribution is -2.26. The molecule has 1 N–H and O–H groups in total. The number of hydrogen-bond acceptors (Lipinski definition) is 4. The standard InChI is InChI=1S/C9H11BrN4O/c1-9(2,15)5-14-7-3-8(10)11-4-6(7)12-13-14/h3-4,15H,5H2,1-2H3. The Morgan fingerprint density at radius 3 is 2.93 bits per heavy atom. The van der Waals surface area contributed by atoms with Gasteiger partial charge in [-0.05, 0) is 35.8 Å². The molecular weight excluding hydrogens is 260 g/mol. The zero-order chi connectivity index (χ0) is 11.1. The van der Waals surface area contributed by atoms with Crippen LogP contribution in [0.1, 0.15) is 13.8 Å². The third kappa shape index (κ3) is 2.32. The molecule has 0 spiro atoms. The monoisotopic (exact) mass is 270 g/mol. The van der Waals surface area contributed by atoms with Crippen molar-refractivity contribution in [3.63, 3.8) is 0 Å². The van der Waals surface area contributed by atoms with Crippen molar-refractivity contribution in [2.75, 3.05) is 0 Å². The van der Waals surface area contributed by atoms with Crippen molar-refractivity contribution in [3.05, 3.63) is 16.9 Å². The molecule has 2 rings (SSSR count). The van der Waals surface area contributed by atoms with Gasteiger partial charge in [-0.3, -0.25) is 0 Å². The van der Waals surface area contributed by atoms with Crippen LogP contribution in [0.2, 0.25) is 0 Å². The molecule has 0 aliphatic carbocycles. The lowest BCUT2D eigenvalue weighted by atomic mass is 10.1. The van der Waals surface area contributed by atoms with E-state index in [9.17, 15) is 5.11 Å². The van der Waals surface area contributed by atoms with E-state index < -0.39 is 5.60 Å². The summed E-state index contributed by atoms with van der Waals surface area (Å²) in [4.78, 5) is 4.06. The molecule has 0 bridgehead atoms. The highest BCUT2D eigenvalue weighted by Gasteiger charge is 2.16. The van der Waals surface area contributed by atoms with Gasteiger partial charge in [-0.2, -0.15) is 0 Å². The Bertz CT molecular complexity index is 488. The van der Waals surface area contributed by atoms with Crippen molar-refractivity contribution in [1.29, 1.82) is 0 Å². The van der Waals surface area contributed by atoms with Crippen molar-refractivity contribution in [1.82, 2.24) is 20.0 Å². The Morgan fingerprint density at radius 1 is 1.53 bits per heavy atom. The Balaban J connectivity index is 2.48. The van der Waals surface area contributed by atoms with E-state index in [0.29, 0.717) is 6.54 Å². The molecule has 80 valence electrons. The van der Waals surface area contributed by atoms with Gasteiger partial charge in [-0.1, -0.05) is 5.21 Å². The van der Waals surface area contributed by atoms with Crippen LogP contribution < -0.4 is 0 Å². The molecule has 0 unspecified atom stereocenters. The Kier molecular flexibility index (Phi) is 2.47. The minimum absolute atomic E-state index is 0.403. The van der Waals surface area contributed by atoms with Crippen molar-refractivity contribution in [2.24, 2.45) is 0 Å². The van der Waals surface area contributed by atoms with E-state index in [0.717, 1.165) is 15.6 Å². The quantitative estimate of drug-likeness (QED) is 0.838. The first-order valence-corrected chi connectivity index (χ1v) is 5.32. The fourth-order valence-electron chi connectivity index (χ4n) is 1.33. The molecule has 5 nitrogen and oxygen atoms in total. The smallest absolute Gasteiger partial charge is 0.131 e. The van der Waals surface area contributed by atoms with Crippen LogP contribution in [-0.2, 0) is 6.54 Å². The van der Waals surface area contributed by atoms with Gasteiger partial charge in [0.15, 0.2) is 0 Å². The predicted octanol–water partition coefficient (Wildman–Crippen LogP) is 1.36. The molecule has 2 aromatic rings. The topological polar surface area (TPSA) is 63.8 Å². The fraction of sp³-hybridized carbons (Fsp3) is 0.444. The van der Waals surface area contributed by atoms with E-state index in [1.54, 1.807) is 24.7 Å². The first kappa shape index (κ1) is 10.5. The average Bonchev–Trinajstić information content (AvgIpc) is 2.46. The summed E-state index contributed by atoms with van der Waals surface area (Å²) >= 11 is 3.29. The van der Waals surface area contributed by atoms with Crippen molar-refractivity contribution in [2.45, 2.75) is 26.0 Å². The van der Waals surface area contributed by atoms with E-state index in [1.165, 1.54) is 0 Å². The second kappa shape index (κ2) is 3.53. The first-order valence-electron chi connectivity index (χ1n) is 4.53. The van der Waals surface area contributed by atoms with Crippen LogP contribution in [0, 0.1) is 0 Å². The van der Waals surface area contributed by atoms with Gasteiger partial charge in [-0.25, -0.2) is 9.67 Å². The SMILES string of the molecule is CC(C)(O)Cn1nnc2cnc(Br)cc21. The van der Waals surface area contributed by atoms with Crippen LogP contribution in [0.5, 0.6) is 0 Å². The zero-order valence-electron chi connectivity index (χ0n) is 8.48. The third-order valence-electron chi connectivity index (χ3n) is 1.90. The number of aliphatic hydroxyl groups is 1. The third-order valence-corrected chi connectivity index (χ3v) is 2.34. The number of rotatable bonds is 2. The number of fused-ring (bicyclic) bond motifs is 1. The Morgan fingerprint density at radius 2 is 2.27 bits per heavy atom. The molecule has 0 fully saturated rings. The summed E-state index contributed by atoms with van der Waals surface area (Å²) in [5.41, 5.74) is 0.776. The second-order valence-electron chi connectivity index (χ2n) is 4.06. The van der Waals surface area contributed by atoms with E-state index >= 15 is 0 Å². The first-order chi connectivity index (χ1) is 6.96. The lowest BCUT2D eigenvalue weighted by molar-refractivity contribution is 0.0585. The molecular formula is C9H11BrN4O. The molecule has 0 saturated heterocycles. The van der Waals surface area contributed by atoms with Crippen LogP contribution >= 0.6 is 15.9 Å². The van der Waals surface area contributed by atoms with Crippen LogP contribution in [0.4, 0.5) is 0 Å². The van der Waals surface area contributed by atoms with Gasteiger partial charge in [0.25, 0.3) is 0 Å². The molecule has 15 heavy (non-hydrogen) atoms. The number of aromatic nitrogens is 4. The van der Waals surface area contributed by atoms with Gasteiger partial charge in [-0.15, -0.1) is 5.10 Å². The van der Waals surface area contributed by atoms with Gasteiger partial charge >= 0.3 is 0 Å². The molecule has 0 atom stereocenters. The van der Waals surface area contributed by atoms with Gasteiger partial charge in [0.2, 0.25) is 0 Å². The highest BCUT2D eigenvalue weighted by atomic mass is 79.9. The summed E-state index contributed by atoms with van der Waals surface area (Å²) in [5, 5.41) is 17.6. The van der Waals surface area contributed by atoms with Crippen molar-refractivity contribution in [3.8, 4) is 0 Å². The lowest BCUT2D eigenvalue weighted by Gasteiger charge is -2.16. The summed E-state index contributed by atoms with van der Waals surface area (Å²) in [5.74, 6) is 0. The van der Waals surface area contributed by atoms with Crippen molar-refractivity contribution < 1.29 is 5.11 Å². The van der Waals surface area contributed by atoms with Gasteiger partial charge in [0, 0.05) is 0 Å². The summed E-state index contributed by atoms with van der Waals surface area (Å²) in [6, 6.07) is 1.83. The van der Waals surface area contributed by atoms with Crippen molar-refractivity contribution >= 4 is 27.0 Å². The minimum Gasteiger partial charge on any atom is -0.389 e. The Hall–Kier alpha value is -1.01. The molecule has 0 saturated carbocycles. The number of halogens is 1. The molecule has 0 aliphatic heterocycles. The molecule has 0 aliphatic rings. The van der Waals surface area contributed by atoms with Gasteiger partial charge in [0.05, 0.1) is 23.9 Å². The molecule has 0 aromatic carbocycles. The summed E-state index contributed by atoms with van der Waals surface area (Å²) < 4.78 is 2.40. The summed E-state index contributed by atoms with van der Waals surface area (Å²) in [6.45, 7) is 3.87. The second-order valence-corrected chi connectivity index (χ2v) is 4.87. The maximum atomic E-state index is 9.70. The van der Waals surface area contributed by atoms with E-state index in [1.807, 2.05) is 6.07 Å². The maximum Gasteiger partial charge on any atom is 0.131 e. The van der Waals surface area contributed by atoms with E-state index in [-0.39, 0.29) is 0 Å².